The maximum atomic E-state index is 6.04. The Bertz CT molecular complexity index is 391. The number of benzene rings is 1. The third-order valence-corrected chi connectivity index (χ3v) is 4.17. The molecule has 5 heteroatoms. The Labute approximate surface area is 137 Å². The van der Waals surface area contributed by atoms with E-state index in [1.165, 1.54) is 5.56 Å². The summed E-state index contributed by atoms with van der Waals surface area (Å²) >= 11 is 1.99. The molecular weight excluding hydrogens is 369 g/mol. The van der Waals surface area contributed by atoms with Gasteiger partial charge in [0.25, 0.3) is 0 Å². The molecule has 1 aromatic carbocycles. The number of aliphatic imine (C=N–C) groups is 1. The fraction of sp³-hybridized carbons (Fsp3) is 0.500. The number of hydrogen-bond acceptors (Lipinski definition) is 2. The molecule has 1 fully saturated rings. The van der Waals surface area contributed by atoms with Crippen LogP contribution < -0.4 is 5.73 Å². The van der Waals surface area contributed by atoms with Crippen molar-refractivity contribution in [3.63, 3.8) is 0 Å². The van der Waals surface area contributed by atoms with Gasteiger partial charge in [0, 0.05) is 37.1 Å². The first-order valence-electron chi connectivity index (χ1n) is 6.45. The van der Waals surface area contributed by atoms with Crippen LogP contribution in [0.4, 0.5) is 0 Å². The molecular formula is C14H22IN3S. The largest absolute Gasteiger partial charge is 0.370 e. The number of guanidine groups is 1. The second-order valence-electron chi connectivity index (χ2n) is 4.61. The lowest BCUT2D eigenvalue weighted by Crippen LogP contribution is -2.42. The summed E-state index contributed by atoms with van der Waals surface area (Å²) in [5, 5.41) is 0. The molecule has 2 rings (SSSR count). The number of rotatable bonds is 3. The molecule has 106 valence electrons. The first kappa shape index (κ1) is 16.6. The summed E-state index contributed by atoms with van der Waals surface area (Å²) in [5.41, 5.74) is 7.36. The Kier molecular flexibility index (Phi) is 7.60. The van der Waals surface area contributed by atoms with Crippen molar-refractivity contribution in [1.82, 2.24) is 4.90 Å². The zero-order valence-corrected chi connectivity index (χ0v) is 14.4. The minimum Gasteiger partial charge on any atom is -0.370 e. The van der Waals surface area contributed by atoms with Gasteiger partial charge in [-0.3, -0.25) is 4.99 Å². The molecule has 0 spiro atoms. The maximum absolute atomic E-state index is 6.04. The first-order chi connectivity index (χ1) is 8.77. The summed E-state index contributed by atoms with van der Waals surface area (Å²) in [6.45, 7) is 5.01. The Hall–Kier alpha value is -0.430. The van der Waals surface area contributed by atoms with Gasteiger partial charge in [-0.25, -0.2) is 0 Å². The number of nitrogens with two attached hydrogens (primary N) is 1. The normalized spacial score (nSPS) is 17.7. The van der Waals surface area contributed by atoms with Gasteiger partial charge in [0.1, 0.15) is 0 Å². The van der Waals surface area contributed by atoms with Gasteiger partial charge in [-0.15, -0.1) is 24.0 Å². The third kappa shape index (κ3) is 5.22. The summed E-state index contributed by atoms with van der Waals surface area (Å²) in [7, 11) is 0. The molecule has 0 amide bonds. The topological polar surface area (TPSA) is 41.6 Å². The minimum atomic E-state index is 0. The SMILES string of the molecule is CC(CN=C(N)N1CCSCC1)c1ccccc1.I. The van der Waals surface area contributed by atoms with Crippen molar-refractivity contribution in [2.75, 3.05) is 31.1 Å². The van der Waals surface area contributed by atoms with Crippen LogP contribution in [0.25, 0.3) is 0 Å². The molecule has 1 aliphatic heterocycles. The molecule has 0 radical (unpaired) electrons. The molecule has 1 unspecified atom stereocenters. The van der Waals surface area contributed by atoms with E-state index in [2.05, 4.69) is 41.1 Å². The molecule has 0 saturated carbocycles. The Morgan fingerprint density at radius 2 is 1.95 bits per heavy atom. The smallest absolute Gasteiger partial charge is 0.191 e. The maximum Gasteiger partial charge on any atom is 0.191 e. The van der Waals surface area contributed by atoms with Crippen molar-refractivity contribution < 1.29 is 0 Å². The average Bonchev–Trinajstić information content (AvgIpc) is 2.46. The Balaban J connectivity index is 0.00000180. The van der Waals surface area contributed by atoms with Gasteiger partial charge in [-0.2, -0.15) is 11.8 Å². The molecule has 0 bridgehead atoms. The fourth-order valence-electron chi connectivity index (χ4n) is 2.01. The highest BCUT2D eigenvalue weighted by Gasteiger charge is 2.12. The van der Waals surface area contributed by atoms with E-state index in [1.54, 1.807) is 0 Å². The first-order valence-corrected chi connectivity index (χ1v) is 7.60. The Morgan fingerprint density at radius 1 is 1.32 bits per heavy atom. The lowest BCUT2D eigenvalue weighted by Gasteiger charge is -2.27. The fourth-order valence-corrected chi connectivity index (χ4v) is 2.91. The van der Waals surface area contributed by atoms with Gasteiger partial charge in [0.2, 0.25) is 0 Å². The highest BCUT2D eigenvalue weighted by atomic mass is 127. The number of thioether (sulfide) groups is 1. The predicted molar refractivity (Wildman–Crippen MR) is 95.7 cm³/mol. The van der Waals surface area contributed by atoms with E-state index in [0.29, 0.717) is 11.9 Å². The molecule has 1 saturated heterocycles. The van der Waals surface area contributed by atoms with Crippen molar-refractivity contribution in [2.24, 2.45) is 10.7 Å². The van der Waals surface area contributed by atoms with Gasteiger partial charge >= 0.3 is 0 Å². The van der Waals surface area contributed by atoms with Crippen LogP contribution in [0.2, 0.25) is 0 Å². The number of hydrogen-bond donors (Lipinski definition) is 1. The molecule has 1 aliphatic rings. The monoisotopic (exact) mass is 391 g/mol. The minimum absolute atomic E-state index is 0. The van der Waals surface area contributed by atoms with E-state index in [0.717, 1.165) is 31.1 Å². The standard InChI is InChI=1S/C14H21N3S.HI/c1-12(13-5-3-2-4-6-13)11-16-14(15)17-7-9-18-10-8-17;/h2-6,12H,7-11H2,1H3,(H2,15,16);1H. The van der Waals surface area contributed by atoms with E-state index in [-0.39, 0.29) is 24.0 Å². The highest BCUT2D eigenvalue weighted by Crippen LogP contribution is 2.15. The van der Waals surface area contributed by atoms with Crippen LogP contribution in [0.5, 0.6) is 0 Å². The van der Waals surface area contributed by atoms with Crippen LogP contribution in [0, 0.1) is 0 Å². The van der Waals surface area contributed by atoms with Crippen molar-refractivity contribution in [2.45, 2.75) is 12.8 Å². The van der Waals surface area contributed by atoms with Gasteiger partial charge in [-0.1, -0.05) is 37.3 Å². The van der Waals surface area contributed by atoms with Gasteiger partial charge < -0.3 is 10.6 Å². The van der Waals surface area contributed by atoms with E-state index in [9.17, 15) is 0 Å². The van der Waals surface area contributed by atoms with Gasteiger partial charge in [0.05, 0.1) is 0 Å². The summed E-state index contributed by atoms with van der Waals surface area (Å²) in [5.74, 6) is 3.44. The average molecular weight is 391 g/mol. The lowest BCUT2D eigenvalue weighted by atomic mass is 10.0. The molecule has 0 aliphatic carbocycles. The molecule has 2 N–H and O–H groups in total. The van der Waals surface area contributed by atoms with E-state index in [1.807, 2.05) is 17.8 Å². The van der Waals surface area contributed by atoms with E-state index < -0.39 is 0 Å². The zero-order valence-electron chi connectivity index (χ0n) is 11.3. The van der Waals surface area contributed by atoms with Crippen LogP contribution in [0.1, 0.15) is 18.4 Å². The van der Waals surface area contributed by atoms with E-state index >= 15 is 0 Å². The molecule has 1 aromatic rings. The summed E-state index contributed by atoms with van der Waals surface area (Å²) in [4.78, 5) is 6.72. The van der Waals surface area contributed by atoms with Gasteiger partial charge in [0.15, 0.2) is 5.96 Å². The van der Waals surface area contributed by atoms with Crippen molar-refractivity contribution in [3.05, 3.63) is 35.9 Å². The summed E-state index contributed by atoms with van der Waals surface area (Å²) < 4.78 is 0. The molecule has 19 heavy (non-hydrogen) atoms. The zero-order chi connectivity index (χ0) is 12.8. The van der Waals surface area contributed by atoms with Gasteiger partial charge in [-0.05, 0) is 5.56 Å². The van der Waals surface area contributed by atoms with Crippen LogP contribution >= 0.6 is 35.7 Å². The third-order valence-electron chi connectivity index (χ3n) is 3.23. The number of halogens is 1. The van der Waals surface area contributed by atoms with Crippen LogP contribution in [-0.2, 0) is 0 Å². The molecule has 0 aromatic heterocycles. The summed E-state index contributed by atoms with van der Waals surface area (Å²) in [6.07, 6.45) is 0. The number of nitrogens with zero attached hydrogens (tertiary/aromatic N) is 2. The lowest BCUT2D eigenvalue weighted by molar-refractivity contribution is 0.455. The van der Waals surface area contributed by atoms with Crippen molar-refractivity contribution in [3.8, 4) is 0 Å². The Morgan fingerprint density at radius 3 is 2.58 bits per heavy atom. The summed E-state index contributed by atoms with van der Waals surface area (Å²) in [6, 6.07) is 10.5. The molecule has 1 atom stereocenters. The highest BCUT2D eigenvalue weighted by molar-refractivity contribution is 14.0. The van der Waals surface area contributed by atoms with Crippen LogP contribution in [-0.4, -0.2) is 42.0 Å². The second kappa shape index (κ2) is 8.68. The van der Waals surface area contributed by atoms with E-state index in [4.69, 9.17) is 5.73 Å². The predicted octanol–water partition coefficient (Wildman–Crippen LogP) is 2.77. The quantitative estimate of drug-likeness (QED) is 0.490. The van der Waals surface area contributed by atoms with Crippen LogP contribution in [0.3, 0.4) is 0 Å². The van der Waals surface area contributed by atoms with Crippen molar-refractivity contribution >= 4 is 41.7 Å². The van der Waals surface area contributed by atoms with Crippen molar-refractivity contribution in [1.29, 1.82) is 0 Å². The molecule has 1 heterocycles. The second-order valence-corrected chi connectivity index (χ2v) is 5.83. The van der Waals surface area contributed by atoms with Crippen LogP contribution in [0.15, 0.2) is 35.3 Å². The molecule has 3 nitrogen and oxygen atoms in total.